The largest absolute Gasteiger partial charge is 0.507 e. The molecule has 1 aromatic carbocycles. The van der Waals surface area contributed by atoms with E-state index in [4.69, 9.17) is 4.42 Å². The van der Waals surface area contributed by atoms with Gasteiger partial charge in [0.15, 0.2) is 0 Å². The number of carboxylic acids is 1. The van der Waals surface area contributed by atoms with Gasteiger partial charge in [0.25, 0.3) is 0 Å². The predicted octanol–water partition coefficient (Wildman–Crippen LogP) is 2.43. The maximum Gasteiger partial charge on any atom is 0.336 e. The SMILES string of the molecule is Cc1cc(=O)oc2c(CNC(C(=O)O)C(C)C)c(O)ccc12.Cl. The summed E-state index contributed by atoms with van der Waals surface area (Å²) in [5, 5.41) is 22.8. The lowest BCUT2D eigenvalue weighted by molar-refractivity contribution is -0.140. The zero-order valence-electron chi connectivity index (χ0n) is 13.1. The van der Waals surface area contributed by atoms with E-state index in [-0.39, 0.29) is 36.2 Å². The Morgan fingerprint density at radius 2 is 2.00 bits per heavy atom. The number of hydrogen-bond acceptors (Lipinski definition) is 5. The fraction of sp³-hybridized carbons (Fsp3) is 0.375. The van der Waals surface area contributed by atoms with Gasteiger partial charge >= 0.3 is 11.6 Å². The van der Waals surface area contributed by atoms with Gasteiger partial charge < -0.3 is 14.6 Å². The Morgan fingerprint density at radius 3 is 2.57 bits per heavy atom. The molecule has 0 radical (unpaired) electrons. The molecule has 0 spiro atoms. The van der Waals surface area contributed by atoms with Gasteiger partial charge in [0.2, 0.25) is 0 Å². The van der Waals surface area contributed by atoms with Crippen molar-refractivity contribution in [2.75, 3.05) is 0 Å². The van der Waals surface area contributed by atoms with E-state index in [0.717, 1.165) is 5.56 Å². The minimum absolute atomic E-state index is 0. The van der Waals surface area contributed by atoms with Crippen molar-refractivity contribution in [3.05, 3.63) is 39.7 Å². The Hall–Kier alpha value is -2.05. The van der Waals surface area contributed by atoms with Crippen LogP contribution in [-0.2, 0) is 11.3 Å². The lowest BCUT2D eigenvalue weighted by atomic mass is 10.0. The zero-order valence-corrected chi connectivity index (χ0v) is 13.9. The van der Waals surface area contributed by atoms with Gasteiger partial charge in [-0.25, -0.2) is 4.79 Å². The van der Waals surface area contributed by atoms with Gasteiger partial charge in [0, 0.05) is 18.0 Å². The number of fused-ring (bicyclic) bond motifs is 1. The molecule has 1 atom stereocenters. The molecule has 0 saturated carbocycles. The number of hydrogen-bond donors (Lipinski definition) is 3. The van der Waals surface area contributed by atoms with Gasteiger partial charge in [-0.15, -0.1) is 12.4 Å². The Balaban J connectivity index is 0.00000264. The Labute approximate surface area is 139 Å². The van der Waals surface area contributed by atoms with Crippen molar-refractivity contribution in [2.24, 2.45) is 5.92 Å². The Morgan fingerprint density at radius 1 is 1.35 bits per heavy atom. The van der Waals surface area contributed by atoms with Crippen molar-refractivity contribution in [1.29, 1.82) is 0 Å². The topological polar surface area (TPSA) is 99.8 Å². The van der Waals surface area contributed by atoms with Crippen molar-refractivity contribution >= 4 is 29.3 Å². The molecular weight excluding hydrogens is 322 g/mol. The van der Waals surface area contributed by atoms with Crippen LogP contribution in [0.15, 0.2) is 27.4 Å². The van der Waals surface area contributed by atoms with Crippen LogP contribution in [0.2, 0.25) is 0 Å². The summed E-state index contributed by atoms with van der Waals surface area (Å²) in [5.74, 6) is -1.13. The van der Waals surface area contributed by atoms with Crippen LogP contribution in [0.1, 0.15) is 25.0 Å². The van der Waals surface area contributed by atoms with Crippen molar-refractivity contribution in [2.45, 2.75) is 33.4 Å². The highest BCUT2D eigenvalue weighted by molar-refractivity contribution is 5.85. The second-order valence-corrected chi connectivity index (χ2v) is 5.63. The summed E-state index contributed by atoms with van der Waals surface area (Å²) in [6, 6.07) is 3.80. The van der Waals surface area contributed by atoms with Crippen LogP contribution in [0.5, 0.6) is 5.75 Å². The van der Waals surface area contributed by atoms with E-state index >= 15 is 0 Å². The standard InChI is InChI=1S/C16H19NO5.ClH/c1-8(2)14(16(20)21)17-7-11-12(18)5-4-10-9(3)6-13(19)22-15(10)11;/h4-6,8,14,17-18H,7H2,1-3H3,(H,20,21);1H. The first kappa shape index (κ1) is 19.0. The van der Waals surface area contributed by atoms with Crippen molar-refractivity contribution in [1.82, 2.24) is 5.32 Å². The highest BCUT2D eigenvalue weighted by Crippen LogP contribution is 2.28. The van der Waals surface area contributed by atoms with Gasteiger partial charge in [-0.05, 0) is 30.5 Å². The molecule has 0 amide bonds. The molecule has 3 N–H and O–H groups in total. The predicted molar refractivity (Wildman–Crippen MR) is 89.2 cm³/mol. The van der Waals surface area contributed by atoms with Gasteiger partial charge in [-0.2, -0.15) is 0 Å². The van der Waals surface area contributed by atoms with E-state index in [1.807, 2.05) is 0 Å². The zero-order chi connectivity index (χ0) is 16.4. The average Bonchev–Trinajstić information content (AvgIpc) is 2.40. The van der Waals surface area contributed by atoms with Crippen molar-refractivity contribution in [3.8, 4) is 5.75 Å². The maximum absolute atomic E-state index is 11.6. The number of rotatable bonds is 5. The van der Waals surface area contributed by atoms with Crippen molar-refractivity contribution in [3.63, 3.8) is 0 Å². The minimum Gasteiger partial charge on any atom is -0.507 e. The molecule has 126 valence electrons. The number of aryl methyl sites for hydroxylation is 1. The van der Waals surface area contributed by atoms with E-state index < -0.39 is 17.6 Å². The average molecular weight is 342 g/mol. The van der Waals surface area contributed by atoms with Crippen LogP contribution in [0.25, 0.3) is 11.0 Å². The summed E-state index contributed by atoms with van der Waals surface area (Å²) in [5.41, 5.74) is 0.900. The third-order valence-electron chi connectivity index (χ3n) is 3.63. The van der Waals surface area contributed by atoms with Crippen LogP contribution < -0.4 is 10.9 Å². The number of nitrogens with one attached hydrogen (secondary N) is 1. The molecule has 23 heavy (non-hydrogen) atoms. The second-order valence-electron chi connectivity index (χ2n) is 5.63. The first-order chi connectivity index (χ1) is 10.3. The molecule has 2 aromatic rings. The molecule has 0 saturated heterocycles. The van der Waals surface area contributed by atoms with E-state index in [9.17, 15) is 19.8 Å². The van der Waals surface area contributed by atoms with E-state index in [2.05, 4.69) is 5.32 Å². The number of phenolic OH excluding ortho intramolecular Hbond substituents is 1. The summed E-state index contributed by atoms with van der Waals surface area (Å²) < 4.78 is 5.20. The van der Waals surface area contributed by atoms with Gasteiger partial charge in [-0.3, -0.25) is 10.1 Å². The molecule has 1 heterocycles. The first-order valence-electron chi connectivity index (χ1n) is 7.02. The lowest BCUT2D eigenvalue weighted by Crippen LogP contribution is -2.40. The molecule has 7 heteroatoms. The van der Waals surface area contributed by atoms with E-state index in [1.54, 1.807) is 26.8 Å². The minimum atomic E-state index is -0.965. The molecule has 0 aliphatic carbocycles. The Kier molecular flexibility index (Phi) is 6.18. The monoisotopic (exact) mass is 341 g/mol. The van der Waals surface area contributed by atoms with Crippen LogP contribution in [0, 0.1) is 12.8 Å². The molecular formula is C16H20ClNO5. The summed E-state index contributed by atoms with van der Waals surface area (Å²) in [6.45, 7) is 5.45. The molecule has 0 aliphatic heterocycles. The molecule has 6 nitrogen and oxygen atoms in total. The maximum atomic E-state index is 11.6. The van der Waals surface area contributed by atoms with Crippen LogP contribution in [-0.4, -0.2) is 22.2 Å². The fourth-order valence-corrected chi connectivity index (χ4v) is 2.42. The highest BCUT2D eigenvalue weighted by Gasteiger charge is 2.22. The first-order valence-corrected chi connectivity index (χ1v) is 7.02. The normalized spacial score (nSPS) is 12.2. The summed E-state index contributed by atoms with van der Waals surface area (Å²) in [4.78, 5) is 22.8. The molecule has 0 aliphatic rings. The quantitative estimate of drug-likeness (QED) is 0.722. The van der Waals surface area contributed by atoms with Crippen LogP contribution in [0.3, 0.4) is 0 Å². The third kappa shape index (κ3) is 4.03. The van der Waals surface area contributed by atoms with Gasteiger partial charge in [0.1, 0.15) is 17.4 Å². The van der Waals surface area contributed by atoms with Gasteiger partial charge in [0.05, 0.1) is 5.56 Å². The smallest absolute Gasteiger partial charge is 0.336 e. The lowest BCUT2D eigenvalue weighted by Gasteiger charge is -2.18. The second kappa shape index (κ2) is 7.48. The molecule has 0 fully saturated rings. The van der Waals surface area contributed by atoms with Gasteiger partial charge in [-0.1, -0.05) is 13.8 Å². The summed E-state index contributed by atoms with van der Waals surface area (Å²) in [6.07, 6.45) is 0. The third-order valence-corrected chi connectivity index (χ3v) is 3.63. The number of carbonyl (C=O) groups is 1. The van der Waals surface area contributed by atoms with Crippen LogP contribution >= 0.6 is 12.4 Å². The number of carboxylic acid groups (broad SMARTS) is 1. The molecule has 1 aromatic heterocycles. The molecule has 2 rings (SSSR count). The highest BCUT2D eigenvalue weighted by atomic mass is 35.5. The fourth-order valence-electron chi connectivity index (χ4n) is 2.42. The number of benzene rings is 1. The van der Waals surface area contributed by atoms with E-state index in [0.29, 0.717) is 10.9 Å². The van der Waals surface area contributed by atoms with E-state index in [1.165, 1.54) is 12.1 Å². The summed E-state index contributed by atoms with van der Waals surface area (Å²) >= 11 is 0. The number of aliphatic carboxylic acids is 1. The molecule has 1 unspecified atom stereocenters. The summed E-state index contributed by atoms with van der Waals surface area (Å²) in [7, 11) is 0. The number of halogens is 1. The van der Waals surface area contributed by atoms with Crippen LogP contribution in [0.4, 0.5) is 0 Å². The number of aromatic hydroxyl groups is 1. The molecule has 0 bridgehead atoms. The number of phenols is 1. The van der Waals surface area contributed by atoms with Crippen molar-refractivity contribution < 1.29 is 19.4 Å². The Bertz CT molecular complexity index is 769.